The molecule has 1 atom stereocenters. The van der Waals surface area contributed by atoms with E-state index in [0.29, 0.717) is 29.7 Å². The fraction of sp³-hybridized carbons (Fsp3) is 0.625. The molecule has 1 amide bonds. The van der Waals surface area contributed by atoms with Crippen LogP contribution in [0, 0.1) is 13.8 Å². The standard InChI is InChI=1S/C16H24N6O3/c1-11-10-14(20-24-11)18-15(23)4-5-21-6-8-22(9-7-21)12(2)16-17-13(3)19-25-16/h10,12H,4-9H2,1-3H3,(H,18,20,23)/t12-/m0/s1. The molecule has 136 valence electrons. The van der Waals surface area contributed by atoms with E-state index in [-0.39, 0.29) is 11.9 Å². The minimum atomic E-state index is -0.0505. The first-order valence-corrected chi connectivity index (χ1v) is 8.51. The Hall–Kier alpha value is -2.26. The summed E-state index contributed by atoms with van der Waals surface area (Å²) in [5.41, 5.74) is 0. The third-order valence-electron chi connectivity index (χ3n) is 4.41. The zero-order valence-corrected chi connectivity index (χ0v) is 14.9. The lowest BCUT2D eigenvalue weighted by atomic mass is 10.2. The van der Waals surface area contributed by atoms with Gasteiger partial charge in [0.2, 0.25) is 11.8 Å². The fourth-order valence-electron chi connectivity index (χ4n) is 2.90. The van der Waals surface area contributed by atoms with Crippen LogP contribution in [0.1, 0.15) is 36.9 Å². The second-order valence-corrected chi connectivity index (χ2v) is 6.35. The van der Waals surface area contributed by atoms with Gasteiger partial charge in [-0.25, -0.2) is 0 Å². The number of carbonyl (C=O) groups excluding carboxylic acids is 1. The summed E-state index contributed by atoms with van der Waals surface area (Å²) in [7, 11) is 0. The summed E-state index contributed by atoms with van der Waals surface area (Å²) in [6, 6.07) is 1.82. The zero-order chi connectivity index (χ0) is 17.8. The van der Waals surface area contributed by atoms with Crippen LogP contribution >= 0.6 is 0 Å². The lowest BCUT2D eigenvalue weighted by molar-refractivity contribution is -0.116. The van der Waals surface area contributed by atoms with E-state index in [9.17, 15) is 4.79 Å². The van der Waals surface area contributed by atoms with E-state index in [2.05, 4.69) is 37.3 Å². The van der Waals surface area contributed by atoms with Gasteiger partial charge in [0.15, 0.2) is 11.6 Å². The molecule has 3 heterocycles. The molecule has 0 aromatic carbocycles. The normalized spacial score (nSPS) is 17.6. The third-order valence-corrected chi connectivity index (χ3v) is 4.41. The maximum absolute atomic E-state index is 12.0. The summed E-state index contributed by atoms with van der Waals surface area (Å²) in [6.45, 7) is 10.1. The summed E-state index contributed by atoms with van der Waals surface area (Å²) < 4.78 is 10.2. The van der Waals surface area contributed by atoms with Crippen molar-refractivity contribution >= 4 is 11.7 Å². The van der Waals surface area contributed by atoms with Crippen LogP contribution in [0.25, 0.3) is 0 Å². The van der Waals surface area contributed by atoms with Gasteiger partial charge in [0.1, 0.15) is 5.76 Å². The molecule has 1 N–H and O–H groups in total. The number of hydrogen-bond acceptors (Lipinski definition) is 8. The average Bonchev–Trinajstić information content (AvgIpc) is 3.21. The summed E-state index contributed by atoms with van der Waals surface area (Å²) in [5, 5.41) is 10.4. The van der Waals surface area contributed by atoms with Crippen molar-refractivity contribution in [2.45, 2.75) is 33.2 Å². The Labute approximate surface area is 146 Å². The van der Waals surface area contributed by atoms with Gasteiger partial charge in [-0.1, -0.05) is 10.3 Å². The van der Waals surface area contributed by atoms with Crippen LogP contribution in [0.5, 0.6) is 0 Å². The number of rotatable bonds is 6. The summed E-state index contributed by atoms with van der Waals surface area (Å²) in [4.78, 5) is 20.9. The highest BCUT2D eigenvalue weighted by molar-refractivity contribution is 5.89. The lowest BCUT2D eigenvalue weighted by Crippen LogP contribution is -2.47. The number of piperazine rings is 1. The van der Waals surface area contributed by atoms with Crippen molar-refractivity contribution in [2.24, 2.45) is 0 Å². The molecule has 2 aromatic heterocycles. The van der Waals surface area contributed by atoms with Crippen molar-refractivity contribution in [3.05, 3.63) is 23.5 Å². The number of hydrogen-bond donors (Lipinski definition) is 1. The Morgan fingerprint density at radius 2 is 2.00 bits per heavy atom. The quantitative estimate of drug-likeness (QED) is 0.836. The van der Waals surface area contributed by atoms with Crippen LogP contribution in [0.2, 0.25) is 0 Å². The molecular weight excluding hydrogens is 324 g/mol. The van der Waals surface area contributed by atoms with Crippen LogP contribution in [0.15, 0.2) is 15.1 Å². The van der Waals surface area contributed by atoms with Gasteiger partial charge >= 0.3 is 0 Å². The molecule has 0 unspecified atom stereocenters. The molecule has 0 spiro atoms. The molecule has 25 heavy (non-hydrogen) atoms. The van der Waals surface area contributed by atoms with Gasteiger partial charge in [-0.3, -0.25) is 9.69 Å². The van der Waals surface area contributed by atoms with Crippen molar-refractivity contribution < 1.29 is 13.8 Å². The van der Waals surface area contributed by atoms with Gasteiger partial charge < -0.3 is 19.3 Å². The first-order chi connectivity index (χ1) is 12.0. The molecule has 0 bridgehead atoms. The number of aromatic nitrogens is 3. The number of amides is 1. The van der Waals surface area contributed by atoms with Gasteiger partial charge in [-0.2, -0.15) is 4.98 Å². The van der Waals surface area contributed by atoms with E-state index in [1.165, 1.54) is 0 Å². The highest BCUT2D eigenvalue weighted by Gasteiger charge is 2.25. The number of aryl methyl sites for hydroxylation is 2. The fourth-order valence-corrected chi connectivity index (χ4v) is 2.90. The SMILES string of the molecule is Cc1noc([C@H](C)N2CCN(CCC(=O)Nc3cc(C)on3)CC2)n1. The maximum Gasteiger partial charge on any atom is 0.243 e. The summed E-state index contributed by atoms with van der Waals surface area (Å²) in [6.07, 6.45) is 0.435. The Morgan fingerprint density at radius 3 is 2.60 bits per heavy atom. The second-order valence-electron chi connectivity index (χ2n) is 6.35. The van der Waals surface area contributed by atoms with E-state index in [0.717, 1.165) is 32.7 Å². The van der Waals surface area contributed by atoms with Crippen molar-refractivity contribution in [1.29, 1.82) is 0 Å². The zero-order valence-electron chi connectivity index (χ0n) is 14.9. The van der Waals surface area contributed by atoms with Gasteiger partial charge in [-0.15, -0.1) is 0 Å². The topological polar surface area (TPSA) is 101 Å². The minimum absolute atomic E-state index is 0.0505. The number of nitrogens with one attached hydrogen (secondary N) is 1. The second kappa shape index (κ2) is 7.75. The molecule has 1 saturated heterocycles. The largest absolute Gasteiger partial charge is 0.360 e. The van der Waals surface area contributed by atoms with Gasteiger partial charge in [0.25, 0.3) is 0 Å². The monoisotopic (exact) mass is 348 g/mol. The van der Waals surface area contributed by atoms with Crippen molar-refractivity contribution in [2.75, 3.05) is 38.0 Å². The van der Waals surface area contributed by atoms with Gasteiger partial charge in [-0.05, 0) is 20.8 Å². The van der Waals surface area contributed by atoms with Crippen molar-refractivity contribution in [1.82, 2.24) is 25.1 Å². The molecule has 9 nitrogen and oxygen atoms in total. The van der Waals surface area contributed by atoms with Crippen LogP contribution in [-0.2, 0) is 4.79 Å². The Morgan fingerprint density at radius 1 is 1.24 bits per heavy atom. The van der Waals surface area contributed by atoms with E-state index in [1.807, 2.05) is 6.92 Å². The first-order valence-electron chi connectivity index (χ1n) is 8.51. The van der Waals surface area contributed by atoms with Crippen LogP contribution in [0.3, 0.4) is 0 Å². The molecule has 3 rings (SSSR count). The van der Waals surface area contributed by atoms with Crippen LogP contribution in [-0.4, -0.2) is 63.7 Å². The Balaban J connectivity index is 1.39. The molecule has 1 aliphatic rings. The molecular formula is C16H24N6O3. The van der Waals surface area contributed by atoms with Gasteiger partial charge in [0, 0.05) is 45.2 Å². The molecule has 2 aromatic rings. The molecule has 1 fully saturated rings. The predicted molar refractivity (Wildman–Crippen MR) is 89.9 cm³/mol. The highest BCUT2D eigenvalue weighted by Crippen LogP contribution is 2.20. The van der Waals surface area contributed by atoms with Crippen LogP contribution in [0.4, 0.5) is 5.82 Å². The molecule has 1 aliphatic heterocycles. The van der Waals surface area contributed by atoms with Crippen LogP contribution < -0.4 is 5.32 Å². The predicted octanol–water partition coefficient (Wildman–Crippen LogP) is 1.38. The number of carbonyl (C=O) groups is 1. The molecule has 0 saturated carbocycles. The van der Waals surface area contributed by atoms with E-state index in [1.54, 1.807) is 13.0 Å². The number of nitrogens with zero attached hydrogens (tertiary/aromatic N) is 5. The maximum atomic E-state index is 12.0. The molecule has 0 radical (unpaired) electrons. The average molecular weight is 348 g/mol. The van der Waals surface area contributed by atoms with Gasteiger partial charge in [0.05, 0.1) is 6.04 Å². The Bertz CT molecular complexity index is 704. The summed E-state index contributed by atoms with van der Waals surface area (Å²) in [5.74, 6) is 2.42. The lowest BCUT2D eigenvalue weighted by Gasteiger charge is -2.36. The van der Waals surface area contributed by atoms with Crippen molar-refractivity contribution in [3.63, 3.8) is 0 Å². The molecule has 9 heteroatoms. The van der Waals surface area contributed by atoms with Crippen molar-refractivity contribution in [3.8, 4) is 0 Å². The Kier molecular flexibility index (Phi) is 5.44. The summed E-state index contributed by atoms with van der Waals surface area (Å²) >= 11 is 0. The van der Waals surface area contributed by atoms with E-state index >= 15 is 0 Å². The highest BCUT2D eigenvalue weighted by atomic mass is 16.5. The van der Waals surface area contributed by atoms with E-state index < -0.39 is 0 Å². The minimum Gasteiger partial charge on any atom is -0.360 e. The third kappa shape index (κ3) is 4.64. The number of anilines is 1. The first kappa shape index (κ1) is 17.6. The van der Waals surface area contributed by atoms with E-state index in [4.69, 9.17) is 9.05 Å². The molecule has 0 aliphatic carbocycles. The smallest absolute Gasteiger partial charge is 0.243 e.